The maximum absolute atomic E-state index is 12.7. The summed E-state index contributed by atoms with van der Waals surface area (Å²) in [4.78, 5) is 42.1. The Kier molecular flexibility index (Phi) is 5.85. The van der Waals surface area contributed by atoms with Gasteiger partial charge in [-0.3, -0.25) is 14.4 Å². The standard InChI is InChI=1S/C22H30N4O3/c27-19(23-10-14-25-11-5-2-6-12-25)18-15-22(21(29)24-18)9-13-26(16-22)20(28)17-7-3-1-4-8-17/h1,3-4,7-8,18H,2,5-6,9-16H2,(H,23,27)(H,24,29)/t18-,22+/m0/s1. The molecule has 3 aliphatic rings. The molecule has 29 heavy (non-hydrogen) atoms. The van der Waals surface area contributed by atoms with Crippen LogP contribution in [0.4, 0.5) is 0 Å². The van der Waals surface area contributed by atoms with Crippen LogP contribution in [0.1, 0.15) is 42.5 Å². The van der Waals surface area contributed by atoms with Gasteiger partial charge in [-0.15, -0.1) is 0 Å². The van der Waals surface area contributed by atoms with Crippen LogP contribution in [0.25, 0.3) is 0 Å². The van der Waals surface area contributed by atoms with E-state index in [9.17, 15) is 14.4 Å². The Morgan fingerprint density at radius 1 is 1.10 bits per heavy atom. The molecule has 1 spiro atoms. The molecule has 1 aromatic rings. The fourth-order valence-corrected chi connectivity index (χ4v) is 4.81. The molecule has 7 nitrogen and oxygen atoms in total. The van der Waals surface area contributed by atoms with Gasteiger partial charge in [0.05, 0.1) is 5.41 Å². The van der Waals surface area contributed by atoms with Crippen molar-refractivity contribution in [3.8, 4) is 0 Å². The van der Waals surface area contributed by atoms with E-state index in [4.69, 9.17) is 0 Å². The van der Waals surface area contributed by atoms with Gasteiger partial charge in [-0.25, -0.2) is 0 Å². The molecule has 0 saturated carbocycles. The average molecular weight is 399 g/mol. The van der Waals surface area contributed by atoms with Gasteiger partial charge in [0.2, 0.25) is 11.8 Å². The molecule has 0 aliphatic carbocycles. The first-order chi connectivity index (χ1) is 14.1. The average Bonchev–Trinajstić information content (AvgIpc) is 3.33. The molecule has 4 rings (SSSR count). The highest BCUT2D eigenvalue weighted by Crippen LogP contribution is 2.40. The molecule has 1 aromatic carbocycles. The first-order valence-electron chi connectivity index (χ1n) is 10.7. The number of benzene rings is 1. The van der Waals surface area contributed by atoms with E-state index in [1.165, 1.54) is 19.3 Å². The van der Waals surface area contributed by atoms with Crippen molar-refractivity contribution in [1.29, 1.82) is 0 Å². The van der Waals surface area contributed by atoms with Gasteiger partial charge in [0.15, 0.2) is 0 Å². The zero-order valence-corrected chi connectivity index (χ0v) is 16.9. The normalized spacial score (nSPS) is 27.2. The minimum absolute atomic E-state index is 0.0512. The van der Waals surface area contributed by atoms with Crippen LogP contribution < -0.4 is 10.6 Å². The first kappa shape index (κ1) is 19.9. The third kappa shape index (κ3) is 4.29. The summed E-state index contributed by atoms with van der Waals surface area (Å²) in [6, 6.07) is 8.63. The van der Waals surface area contributed by atoms with Gasteiger partial charge in [-0.05, 0) is 50.9 Å². The third-order valence-corrected chi connectivity index (χ3v) is 6.54. The predicted octanol–water partition coefficient (Wildman–Crippen LogP) is 1.01. The molecule has 3 amide bonds. The number of carbonyl (C=O) groups is 3. The lowest BCUT2D eigenvalue weighted by Crippen LogP contribution is -2.44. The van der Waals surface area contributed by atoms with Crippen LogP contribution in [0.2, 0.25) is 0 Å². The summed E-state index contributed by atoms with van der Waals surface area (Å²) in [6.45, 7) is 4.59. The molecule has 3 heterocycles. The molecule has 0 radical (unpaired) electrons. The number of hydrogen-bond donors (Lipinski definition) is 2. The Bertz CT molecular complexity index is 763. The molecule has 156 valence electrons. The summed E-state index contributed by atoms with van der Waals surface area (Å²) < 4.78 is 0. The van der Waals surface area contributed by atoms with Gasteiger partial charge in [-0.1, -0.05) is 24.6 Å². The zero-order valence-electron chi connectivity index (χ0n) is 16.9. The molecular weight excluding hydrogens is 368 g/mol. The summed E-state index contributed by atoms with van der Waals surface area (Å²) in [5.74, 6) is -0.262. The molecule has 0 bridgehead atoms. The van der Waals surface area contributed by atoms with Gasteiger partial charge < -0.3 is 20.4 Å². The monoisotopic (exact) mass is 398 g/mol. The topological polar surface area (TPSA) is 81.8 Å². The molecule has 3 fully saturated rings. The number of rotatable bonds is 5. The molecule has 3 aliphatic heterocycles. The van der Waals surface area contributed by atoms with Crippen molar-refractivity contribution in [3.05, 3.63) is 35.9 Å². The Labute approximate surface area is 171 Å². The highest BCUT2D eigenvalue weighted by atomic mass is 16.2. The summed E-state index contributed by atoms with van der Waals surface area (Å²) in [6.07, 6.45) is 4.82. The second kappa shape index (κ2) is 8.53. The van der Waals surface area contributed by atoms with E-state index in [2.05, 4.69) is 15.5 Å². The van der Waals surface area contributed by atoms with Gasteiger partial charge in [0, 0.05) is 31.7 Å². The number of amides is 3. The van der Waals surface area contributed by atoms with Crippen molar-refractivity contribution in [2.75, 3.05) is 39.3 Å². The van der Waals surface area contributed by atoms with Gasteiger partial charge in [0.25, 0.3) is 5.91 Å². The molecule has 7 heteroatoms. The molecule has 2 atom stereocenters. The number of likely N-dealkylation sites (tertiary alicyclic amines) is 2. The van der Waals surface area contributed by atoms with E-state index < -0.39 is 11.5 Å². The number of nitrogens with one attached hydrogen (secondary N) is 2. The SMILES string of the molecule is O=C(NCCN1CCCCC1)[C@@H]1C[C@@]2(CCN(C(=O)c3ccccc3)C2)C(=O)N1. The molecule has 0 unspecified atom stereocenters. The fourth-order valence-electron chi connectivity index (χ4n) is 4.81. The Hall–Kier alpha value is -2.41. The van der Waals surface area contributed by atoms with Gasteiger partial charge >= 0.3 is 0 Å². The summed E-state index contributed by atoms with van der Waals surface area (Å²) in [5.41, 5.74) is -0.00534. The van der Waals surface area contributed by atoms with Crippen LogP contribution in [-0.2, 0) is 9.59 Å². The number of carbonyl (C=O) groups excluding carboxylic acids is 3. The molecule has 3 saturated heterocycles. The van der Waals surface area contributed by atoms with E-state index in [0.717, 1.165) is 19.6 Å². The third-order valence-electron chi connectivity index (χ3n) is 6.54. The number of piperidine rings is 1. The van der Waals surface area contributed by atoms with Crippen LogP contribution in [0.5, 0.6) is 0 Å². The first-order valence-corrected chi connectivity index (χ1v) is 10.7. The quantitative estimate of drug-likeness (QED) is 0.776. The maximum atomic E-state index is 12.7. The number of nitrogens with zero attached hydrogens (tertiary/aromatic N) is 2. The predicted molar refractivity (Wildman–Crippen MR) is 109 cm³/mol. The van der Waals surface area contributed by atoms with Crippen molar-refractivity contribution in [3.63, 3.8) is 0 Å². The van der Waals surface area contributed by atoms with Crippen LogP contribution >= 0.6 is 0 Å². The van der Waals surface area contributed by atoms with Gasteiger partial charge in [-0.2, -0.15) is 0 Å². The van der Waals surface area contributed by atoms with Crippen molar-refractivity contribution in [2.45, 2.75) is 38.1 Å². The lowest BCUT2D eigenvalue weighted by molar-refractivity contribution is -0.128. The maximum Gasteiger partial charge on any atom is 0.253 e. The van der Waals surface area contributed by atoms with Crippen LogP contribution in [0.3, 0.4) is 0 Å². The Morgan fingerprint density at radius 2 is 1.86 bits per heavy atom. The highest BCUT2D eigenvalue weighted by Gasteiger charge is 2.53. The largest absolute Gasteiger partial charge is 0.353 e. The van der Waals surface area contributed by atoms with Crippen molar-refractivity contribution in [1.82, 2.24) is 20.4 Å². The molecule has 0 aromatic heterocycles. The summed E-state index contributed by atoms with van der Waals surface area (Å²) in [5, 5.41) is 5.85. The fraction of sp³-hybridized carbons (Fsp3) is 0.591. The van der Waals surface area contributed by atoms with E-state index in [1.54, 1.807) is 17.0 Å². The number of hydrogen-bond acceptors (Lipinski definition) is 4. The van der Waals surface area contributed by atoms with E-state index in [0.29, 0.717) is 38.0 Å². The van der Waals surface area contributed by atoms with Crippen LogP contribution in [0, 0.1) is 5.41 Å². The second-order valence-electron chi connectivity index (χ2n) is 8.55. The van der Waals surface area contributed by atoms with Crippen molar-refractivity contribution in [2.24, 2.45) is 5.41 Å². The molecule has 2 N–H and O–H groups in total. The lowest BCUT2D eigenvalue weighted by atomic mass is 9.84. The highest BCUT2D eigenvalue weighted by molar-refractivity contribution is 5.97. The Morgan fingerprint density at radius 3 is 2.62 bits per heavy atom. The van der Waals surface area contributed by atoms with Crippen LogP contribution in [0.15, 0.2) is 30.3 Å². The minimum Gasteiger partial charge on any atom is -0.353 e. The smallest absolute Gasteiger partial charge is 0.253 e. The van der Waals surface area contributed by atoms with Crippen molar-refractivity contribution < 1.29 is 14.4 Å². The van der Waals surface area contributed by atoms with E-state index >= 15 is 0 Å². The van der Waals surface area contributed by atoms with Crippen molar-refractivity contribution >= 4 is 17.7 Å². The second-order valence-corrected chi connectivity index (χ2v) is 8.55. The summed E-state index contributed by atoms with van der Waals surface area (Å²) >= 11 is 0. The van der Waals surface area contributed by atoms with E-state index in [1.807, 2.05) is 18.2 Å². The molecular formula is C22H30N4O3. The zero-order chi connectivity index (χ0) is 20.3. The summed E-state index contributed by atoms with van der Waals surface area (Å²) in [7, 11) is 0. The lowest BCUT2D eigenvalue weighted by Gasteiger charge is -2.26. The van der Waals surface area contributed by atoms with E-state index in [-0.39, 0.29) is 17.7 Å². The minimum atomic E-state index is -0.640. The van der Waals surface area contributed by atoms with Crippen LogP contribution in [-0.4, -0.2) is 72.8 Å². The van der Waals surface area contributed by atoms with Gasteiger partial charge in [0.1, 0.15) is 6.04 Å². The Balaban J connectivity index is 1.29.